The lowest BCUT2D eigenvalue weighted by molar-refractivity contribution is 0.0948. The van der Waals surface area contributed by atoms with Crippen LogP contribution in [0.5, 0.6) is 5.75 Å². The van der Waals surface area contributed by atoms with Crippen LogP contribution in [0.3, 0.4) is 0 Å². The average molecular weight is 362 g/mol. The molecule has 6 nitrogen and oxygen atoms in total. The summed E-state index contributed by atoms with van der Waals surface area (Å²) in [6.45, 7) is 4.57. The molecule has 134 valence electrons. The van der Waals surface area contributed by atoms with Gasteiger partial charge in [-0.25, -0.2) is 8.42 Å². The average Bonchev–Trinajstić information content (AvgIpc) is 2.53. The van der Waals surface area contributed by atoms with Gasteiger partial charge in [-0.2, -0.15) is 0 Å². The van der Waals surface area contributed by atoms with E-state index < -0.39 is 10.0 Å². The molecule has 25 heavy (non-hydrogen) atoms. The Balaban J connectivity index is 1.94. The standard InChI is InChI=1S/C18H22N2O4S/c1-13-8-9-14(2)17(12-13)24-11-10-19-18(21)15-6-4-5-7-16(15)20-25(3,22)23/h4-9,12,20H,10-11H2,1-3H3,(H,19,21). The summed E-state index contributed by atoms with van der Waals surface area (Å²) in [6.07, 6.45) is 1.04. The van der Waals surface area contributed by atoms with Crippen LogP contribution >= 0.6 is 0 Å². The number of para-hydroxylation sites is 1. The van der Waals surface area contributed by atoms with Crippen LogP contribution in [-0.2, 0) is 10.0 Å². The van der Waals surface area contributed by atoms with Crippen molar-refractivity contribution in [3.05, 3.63) is 59.2 Å². The number of sulfonamides is 1. The van der Waals surface area contributed by atoms with E-state index in [1.807, 2.05) is 32.0 Å². The number of carbonyl (C=O) groups is 1. The minimum Gasteiger partial charge on any atom is -0.491 e. The van der Waals surface area contributed by atoms with Gasteiger partial charge in [0.2, 0.25) is 10.0 Å². The van der Waals surface area contributed by atoms with Crippen molar-refractivity contribution >= 4 is 21.6 Å². The molecule has 2 aromatic carbocycles. The van der Waals surface area contributed by atoms with Crippen LogP contribution in [0.4, 0.5) is 5.69 Å². The number of ether oxygens (including phenoxy) is 1. The molecule has 1 amide bonds. The van der Waals surface area contributed by atoms with Gasteiger partial charge in [-0.3, -0.25) is 9.52 Å². The number of rotatable bonds is 7. The quantitative estimate of drug-likeness (QED) is 0.741. The molecule has 0 saturated carbocycles. The van der Waals surface area contributed by atoms with Crippen molar-refractivity contribution in [3.8, 4) is 5.75 Å². The lowest BCUT2D eigenvalue weighted by atomic mass is 10.1. The fourth-order valence-electron chi connectivity index (χ4n) is 2.25. The molecule has 0 fully saturated rings. The van der Waals surface area contributed by atoms with Crippen molar-refractivity contribution < 1.29 is 17.9 Å². The zero-order chi connectivity index (χ0) is 18.4. The fraction of sp³-hybridized carbons (Fsp3) is 0.278. The van der Waals surface area contributed by atoms with Crippen LogP contribution in [0.15, 0.2) is 42.5 Å². The molecule has 2 aromatic rings. The van der Waals surface area contributed by atoms with Crippen LogP contribution < -0.4 is 14.8 Å². The van der Waals surface area contributed by atoms with Gasteiger partial charge in [-0.05, 0) is 43.2 Å². The topological polar surface area (TPSA) is 84.5 Å². The minimum atomic E-state index is -3.46. The van der Waals surface area contributed by atoms with Gasteiger partial charge < -0.3 is 10.1 Å². The summed E-state index contributed by atoms with van der Waals surface area (Å²) >= 11 is 0. The number of nitrogens with one attached hydrogen (secondary N) is 2. The first-order valence-corrected chi connectivity index (χ1v) is 9.70. The Bertz CT molecular complexity index is 863. The molecule has 0 aromatic heterocycles. The van der Waals surface area contributed by atoms with Crippen molar-refractivity contribution in [2.45, 2.75) is 13.8 Å². The zero-order valence-electron chi connectivity index (χ0n) is 14.5. The summed E-state index contributed by atoms with van der Waals surface area (Å²) in [5.74, 6) is 0.421. The Morgan fingerprint density at radius 3 is 2.56 bits per heavy atom. The highest BCUT2D eigenvalue weighted by atomic mass is 32.2. The predicted octanol–water partition coefficient (Wildman–Crippen LogP) is 2.48. The van der Waals surface area contributed by atoms with E-state index in [4.69, 9.17) is 4.74 Å². The number of amides is 1. The summed E-state index contributed by atoms with van der Waals surface area (Å²) in [5.41, 5.74) is 2.64. The van der Waals surface area contributed by atoms with Gasteiger partial charge in [0.15, 0.2) is 0 Å². The minimum absolute atomic E-state index is 0.248. The first-order chi connectivity index (χ1) is 11.8. The van der Waals surface area contributed by atoms with Crippen LogP contribution in [0, 0.1) is 13.8 Å². The number of hydrogen-bond donors (Lipinski definition) is 2. The number of benzene rings is 2. The summed E-state index contributed by atoms with van der Waals surface area (Å²) in [7, 11) is -3.46. The monoisotopic (exact) mass is 362 g/mol. The maximum Gasteiger partial charge on any atom is 0.253 e. The maximum atomic E-state index is 12.3. The number of carbonyl (C=O) groups excluding carboxylic acids is 1. The largest absolute Gasteiger partial charge is 0.491 e. The second kappa shape index (κ2) is 8.02. The van der Waals surface area contributed by atoms with E-state index in [1.165, 1.54) is 0 Å². The summed E-state index contributed by atoms with van der Waals surface area (Å²) < 4.78 is 30.8. The molecule has 7 heteroatoms. The van der Waals surface area contributed by atoms with Crippen LogP contribution in [-0.4, -0.2) is 33.7 Å². The molecule has 0 radical (unpaired) electrons. The number of aryl methyl sites for hydroxylation is 2. The van der Waals surface area contributed by atoms with Crippen molar-refractivity contribution in [2.75, 3.05) is 24.1 Å². The zero-order valence-corrected chi connectivity index (χ0v) is 15.3. The molecule has 0 aliphatic heterocycles. The van der Waals surface area contributed by atoms with Crippen molar-refractivity contribution in [1.82, 2.24) is 5.32 Å². The third-order valence-electron chi connectivity index (χ3n) is 3.46. The summed E-state index contributed by atoms with van der Waals surface area (Å²) in [5, 5.41) is 2.73. The molecule has 0 unspecified atom stereocenters. The van der Waals surface area contributed by atoms with E-state index in [9.17, 15) is 13.2 Å². The summed E-state index contributed by atoms with van der Waals surface area (Å²) in [6, 6.07) is 12.4. The predicted molar refractivity (Wildman–Crippen MR) is 98.7 cm³/mol. The van der Waals surface area contributed by atoms with Crippen molar-refractivity contribution in [1.29, 1.82) is 0 Å². The van der Waals surface area contributed by atoms with Crippen LogP contribution in [0.2, 0.25) is 0 Å². The molecule has 0 spiro atoms. The molecule has 0 aliphatic rings. The van der Waals surface area contributed by atoms with Gasteiger partial charge in [0.25, 0.3) is 5.91 Å². The number of hydrogen-bond acceptors (Lipinski definition) is 4. The lowest BCUT2D eigenvalue weighted by Gasteiger charge is -2.12. The van der Waals surface area contributed by atoms with Gasteiger partial charge in [0, 0.05) is 0 Å². The molecule has 0 heterocycles. The second-order valence-corrected chi connectivity index (χ2v) is 7.54. The van der Waals surface area contributed by atoms with Gasteiger partial charge >= 0.3 is 0 Å². The highest BCUT2D eigenvalue weighted by Crippen LogP contribution is 2.19. The Kier molecular flexibility index (Phi) is 6.03. The SMILES string of the molecule is Cc1ccc(C)c(OCCNC(=O)c2ccccc2NS(C)(=O)=O)c1. The van der Waals surface area contributed by atoms with Gasteiger partial charge in [0.1, 0.15) is 12.4 Å². The smallest absolute Gasteiger partial charge is 0.253 e. The fourth-order valence-corrected chi connectivity index (χ4v) is 2.83. The maximum absolute atomic E-state index is 12.3. The highest BCUT2D eigenvalue weighted by Gasteiger charge is 2.13. The van der Waals surface area contributed by atoms with Crippen molar-refractivity contribution in [3.63, 3.8) is 0 Å². The van der Waals surface area contributed by atoms with E-state index in [-0.39, 0.29) is 17.2 Å². The highest BCUT2D eigenvalue weighted by molar-refractivity contribution is 7.92. The molecular formula is C18H22N2O4S. The molecular weight excluding hydrogens is 340 g/mol. The molecule has 0 atom stereocenters. The molecule has 0 saturated heterocycles. The Morgan fingerprint density at radius 1 is 1.12 bits per heavy atom. The Morgan fingerprint density at radius 2 is 1.84 bits per heavy atom. The number of anilines is 1. The van der Waals surface area contributed by atoms with E-state index in [2.05, 4.69) is 10.0 Å². The second-order valence-electron chi connectivity index (χ2n) is 5.79. The summed E-state index contributed by atoms with van der Waals surface area (Å²) in [4.78, 5) is 12.3. The van der Waals surface area contributed by atoms with Crippen molar-refractivity contribution in [2.24, 2.45) is 0 Å². The molecule has 2 rings (SSSR count). The van der Waals surface area contributed by atoms with Gasteiger partial charge in [-0.15, -0.1) is 0 Å². The Labute approximate surface area is 148 Å². The van der Waals surface area contributed by atoms with Gasteiger partial charge in [0.05, 0.1) is 24.1 Å². The van der Waals surface area contributed by atoms with Crippen LogP contribution in [0.1, 0.15) is 21.5 Å². The first-order valence-electron chi connectivity index (χ1n) is 7.81. The van der Waals surface area contributed by atoms with Crippen LogP contribution in [0.25, 0.3) is 0 Å². The first kappa shape index (κ1) is 18.8. The van der Waals surface area contributed by atoms with E-state index in [0.29, 0.717) is 13.2 Å². The van der Waals surface area contributed by atoms with E-state index in [0.717, 1.165) is 23.1 Å². The molecule has 0 bridgehead atoms. The molecule has 0 aliphatic carbocycles. The third kappa shape index (κ3) is 5.79. The van der Waals surface area contributed by atoms with E-state index in [1.54, 1.807) is 24.3 Å². The third-order valence-corrected chi connectivity index (χ3v) is 4.05. The van der Waals surface area contributed by atoms with Gasteiger partial charge in [-0.1, -0.05) is 24.3 Å². The normalized spacial score (nSPS) is 11.0. The molecule has 2 N–H and O–H groups in total. The Hall–Kier alpha value is -2.54. The van der Waals surface area contributed by atoms with E-state index >= 15 is 0 Å². The lowest BCUT2D eigenvalue weighted by Crippen LogP contribution is -2.29.